The molecule has 0 amide bonds. The van der Waals surface area contributed by atoms with Crippen molar-refractivity contribution in [2.75, 3.05) is 5.32 Å². The molecule has 1 N–H and O–H groups in total. The molecule has 4 heteroatoms. The molecule has 0 saturated heterocycles. The molecule has 2 aromatic carbocycles. The Balaban J connectivity index is 1.70. The van der Waals surface area contributed by atoms with Crippen LogP contribution in [0.5, 0.6) is 0 Å². The molecule has 0 unspecified atom stereocenters. The number of hydrogen-bond donors (Lipinski definition) is 1. The quantitative estimate of drug-likeness (QED) is 0.725. The normalized spacial score (nSPS) is 20.0. The fourth-order valence-electron chi connectivity index (χ4n) is 4.39. The van der Waals surface area contributed by atoms with E-state index in [9.17, 15) is 8.78 Å². The maximum absolute atomic E-state index is 13.7. The molecule has 26 heavy (non-hydrogen) atoms. The van der Waals surface area contributed by atoms with E-state index in [4.69, 9.17) is 4.99 Å². The van der Waals surface area contributed by atoms with Crippen molar-refractivity contribution in [3.8, 4) is 0 Å². The summed E-state index contributed by atoms with van der Waals surface area (Å²) in [6.45, 7) is 2.68. The summed E-state index contributed by atoms with van der Waals surface area (Å²) in [5.74, 6) is -0.636. The molecular formula is C22H24F2N2. The smallest absolute Gasteiger partial charge is 0.160 e. The number of hydrogen-bond acceptors (Lipinski definition) is 1. The summed E-state index contributed by atoms with van der Waals surface area (Å²) >= 11 is 0. The van der Waals surface area contributed by atoms with Crippen LogP contribution in [-0.4, -0.2) is 5.84 Å². The summed E-state index contributed by atoms with van der Waals surface area (Å²) in [5.41, 5.74) is 3.83. The van der Waals surface area contributed by atoms with Gasteiger partial charge < -0.3 is 5.32 Å². The van der Waals surface area contributed by atoms with Gasteiger partial charge in [0.2, 0.25) is 0 Å². The summed E-state index contributed by atoms with van der Waals surface area (Å²) in [5, 5.41) is 3.35. The minimum Gasteiger partial charge on any atom is -0.343 e. The molecule has 1 aliphatic carbocycles. The third-order valence-electron chi connectivity index (χ3n) is 5.74. The fourth-order valence-corrected chi connectivity index (χ4v) is 4.39. The summed E-state index contributed by atoms with van der Waals surface area (Å²) < 4.78 is 27.4. The number of benzene rings is 2. The molecule has 1 fully saturated rings. The summed E-state index contributed by atoms with van der Waals surface area (Å²) in [7, 11) is 0. The van der Waals surface area contributed by atoms with Gasteiger partial charge in [0.15, 0.2) is 11.6 Å². The Hall–Kier alpha value is -2.23. The van der Waals surface area contributed by atoms with E-state index in [1.54, 1.807) is 0 Å². The third-order valence-corrected chi connectivity index (χ3v) is 5.74. The van der Waals surface area contributed by atoms with E-state index in [0.29, 0.717) is 12.2 Å². The molecule has 1 spiro atoms. The second kappa shape index (κ2) is 6.82. The predicted molar refractivity (Wildman–Crippen MR) is 102 cm³/mol. The van der Waals surface area contributed by atoms with E-state index in [0.717, 1.165) is 43.5 Å². The average Bonchev–Trinajstić information content (AvgIpc) is 2.62. The largest absolute Gasteiger partial charge is 0.343 e. The van der Waals surface area contributed by atoms with Crippen molar-refractivity contribution in [1.82, 2.24) is 0 Å². The molecule has 1 aliphatic heterocycles. The lowest BCUT2D eigenvalue weighted by Crippen LogP contribution is -2.43. The summed E-state index contributed by atoms with van der Waals surface area (Å²) in [6.07, 6.45) is 6.38. The van der Waals surface area contributed by atoms with Crippen LogP contribution in [0.15, 0.2) is 41.4 Å². The molecule has 2 aromatic rings. The Bertz CT molecular complexity index is 851. The highest BCUT2D eigenvalue weighted by Crippen LogP contribution is 2.45. The Morgan fingerprint density at radius 1 is 1.04 bits per heavy atom. The zero-order valence-electron chi connectivity index (χ0n) is 15.1. The van der Waals surface area contributed by atoms with Gasteiger partial charge in [0.05, 0.1) is 6.54 Å². The second-order valence-corrected chi connectivity index (χ2v) is 7.72. The molecule has 1 saturated carbocycles. The van der Waals surface area contributed by atoms with Crippen molar-refractivity contribution in [1.29, 1.82) is 0 Å². The minimum atomic E-state index is -0.811. The molecule has 0 radical (unpaired) electrons. The van der Waals surface area contributed by atoms with Crippen LogP contribution >= 0.6 is 0 Å². The van der Waals surface area contributed by atoms with Gasteiger partial charge in [-0.15, -0.1) is 0 Å². The maximum Gasteiger partial charge on any atom is 0.160 e. The number of aliphatic imine (C=N–C) groups is 1. The summed E-state index contributed by atoms with van der Waals surface area (Å²) in [6, 6.07) is 11.0. The molecule has 0 aromatic heterocycles. The topological polar surface area (TPSA) is 24.4 Å². The highest BCUT2D eigenvalue weighted by atomic mass is 19.2. The lowest BCUT2D eigenvalue weighted by atomic mass is 9.67. The molecule has 4 rings (SSSR count). The lowest BCUT2D eigenvalue weighted by molar-refractivity contribution is 0.277. The number of aryl methyl sites for hydroxylation is 1. The zero-order chi connectivity index (χ0) is 18.1. The Morgan fingerprint density at radius 2 is 1.81 bits per heavy atom. The first-order valence-electron chi connectivity index (χ1n) is 9.41. The van der Waals surface area contributed by atoms with Crippen molar-refractivity contribution in [2.45, 2.75) is 52.0 Å². The van der Waals surface area contributed by atoms with Crippen molar-refractivity contribution in [3.63, 3.8) is 0 Å². The van der Waals surface area contributed by atoms with E-state index in [1.165, 1.54) is 29.7 Å². The first-order valence-corrected chi connectivity index (χ1v) is 9.41. The monoisotopic (exact) mass is 354 g/mol. The van der Waals surface area contributed by atoms with Gasteiger partial charge >= 0.3 is 0 Å². The van der Waals surface area contributed by atoms with Gasteiger partial charge in [0, 0.05) is 17.2 Å². The van der Waals surface area contributed by atoms with E-state index < -0.39 is 11.6 Å². The van der Waals surface area contributed by atoms with Crippen molar-refractivity contribution >= 4 is 11.5 Å². The van der Waals surface area contributed by atoms with Crippen molar-refractivity contribution in [3.05, 3.63) is 64.7 Å². The third kappa shape index (κ3) is 3.25. The fraction of sp³-hybridized carbons (Fsp3) is 0.409. The average molecular weight is 354 g/mol. The Kier molecular flexibility index (Phi) is 4.51. The number of rotatable bonds is 2. The standard InChI is InChI=1S/C22H24F2N2/c1-15-6-5-7-16(10-15)14-25-21-22(8-3-2-4-9-22)13-17-11-18(23)19(24)12-20(17)26-21/h5-7,10-12H,2-4,8-9,13-14H2,1H3,(H,25,26). The van der Waals surface area contributed by atoms with Crippen LogP contribution in [0.25, 0.3) is 0 Å². The predicted octanol–water partition coefficient (Wildman–Crippen LogP) is 5.79. The van der Waals surface area contributed by atoms with Gasteiger partial charge in [-0.1, -0.05) is 49.1 Å². The molecule has 0 atom stereocenters. The lowest BCUT2D eigenvalue weighted by Gasteiger charge is -2.42. The van der Waals surface area contributed by atoms with Crippen LogP contribution in [-0.2, 0) is 13.0 Å². The van der Waals surface area contributed by atoms with Crippen molar-refractivity contribution in [2.24, 2.45) is 10.4 Å². The first kappa shape index (κ1) is 17.2. The van der Waals surface area contributed by atoms with Crippen LogP contribution in [0.3, 0.4) is 0 Å². The molecule has 1 heterocycles. The van der Waals surface area contributed by atoms with Gasteiger partial charge in [-0.3, -0.25) is 4.99 Å². The SMILES string of the molecule is Cc1cccc(CN=C2Nc3cc(F)c(F)cc3CC23CCCCC3)c1. The maximum atomic E-state index is 13.7. The molecular weight excluding hydrogens is 330 g/mol. The van der Waals surface area contributed by atoms with E-state index in [2.05, 4.69) is 30.4 Å². The Morgan fingerprint density at radius 3 is 2.58 bits per heavy atom. The second-order valence-electron chi connectivity index (χ2n) is 7.72. The van der Waals surface area contributed by atoms with Gasteiger partial charge in [-0.25, -0.2) is 8.78 Å². The molecule has 136 valence electrons. The van der Waals surface area contributed by atoms with Gasteiger partial charge in [0.1, 0.15) is 5.84 Å². The highest BCUT2D eigenvalue weighted by Gasteiger charge is 2.41. The Labute approximate surface area is 153 Å². The number of fused-ring (bicyclic) bond motifs is 1. The molecule has 2 aliphatic rings. The number of nitrogens with zero attached hydrogens (tertiary/aromatic N) is 1. The molecule has 2 nitrogen and oxygen atoms in total. The number of amidine groups is 1. The van der Waals surface area contributed by atoms with Crippen LogP contribution < -0.4 is 5.32 Å². The first-order chi connectivity index (χ1) is 12.6. The van der Waals surface area contributed by atoms with E-state index in [1.807, 2.05) is 6.07 Å². The number of nitrogens with one attached hydrogen (secondary N) is 1. The van der Waals surface area contributed by atoms with Crippen LogP contribution in [0.1, 0.15) is 48.8 Å². The number of halogens is 2. The van der Waals surface area contributed by atoms with Crippen LogP contribution in [0, 0.1) is 24.0 Å². The minimum absolute atomic E-state index is 0.0701. The van der Waals surface area contributed by atoms with Crippen molar-refractivity contribution < 1.29 is 8.78 Å². The zero-order valence-corrected chi connectivity index (χ0v) is 15.1. The summed E-state index contributed by atoms with van der Waals surface area (Å²) in [4.78, 5) is 4.91. The van der Waals surface area contributed by atoms with Gasteiger partial charge in [-0.2, -0.15) is 0 Å². The van der Waals surface area contributed by atoms with E-state index >= 15 is 0 Å². The number of anilines is 1. The molecule has 0 bridgehead atoms. The van der Waals surface area contributed by atoms with Crippen LogP contribution in [0.2, 0.25) is 0 Å². The van der Waals surface area contributed by atoms with Gasteiger partial charge in [-0.05, 0) is 43.4 Å². The van der Waals surface area contributed by atoms with Gasteiger partial charge in [0.25, 0.3) is 0 Å². The highest BCUT2D eigenvalue weighted by molar-refractivity contribution is 6.02. The van der Waals surface area contributed by atoms with E-state index in [-0.39, 0.29) is 5.41 Å². The van der Waals surface area contributed by atoms with Crippen LogP contribution in [0.4, 0.5) is 14.5 Å².